The van der Waals surface area contributed by atoms with E-state index in [2.05, 4.69) is 54.2 Å². The van der Waals surface area contributed by atoms with Gasteiger partial charge in [-0.25, -0.2) is 9.36 Å². The minimum atomic E-state index is 0.111. The van der Waals surface area contributed by atoms with Crippen LogP contribution in [0.15, 0.2) is 61.2 Å². The van der Waals surface area contributed by atoms with Gasteiger partial charge in [0, 0.05) is 0 Å². The van der Waals surface area contributed by atoms with E-state index in [1.165, 1.54) is 22.3 Å². The van der Waals surface area contributed by atoms with Gasteiger partial charge in [0.15, 0.2) is 0 Å². The van der Waals surface area contributed by atoms with Gasteiger partial charge in [-0.15, -0.1) is 0 Å². The number of carbonyl (C=O) groups is 1. The molecule has 0 aliphatic carbocycles. The van der Waals surface area contributed by atoms with Gasteiger partial charge in [0.1, 0.15) is 18.1 Å². The van der Waals surface area contributed by atoms with Crippen molar-refractivity contribution in [2.24, 2.45) is 0 Å². The van der Waals surface area contributed by atoms with Crippen molar-refractivity contribution in [3.63, 3.8) is 0 Å². The molecule has 26 heavy (non-hydrogen) atoms. The summed E-state index contributed by atoms with van der Waals surface area (Å²) in [5, 5.41) is 0. The van der Waals surface area contributed by atoms with Crippen molar-refractivity contribution in [1.29, 1.82) is 0 Å². The van der Waals surface area contributed by atoms with Crippen molar-refractivity contribution in [2.75, 3.05) is 0 Å². The van der Waals surface area contributed by atoms with Crippen molar-refractivity contribution < 1.29 is 29.3 Å². The van der Waals surface area contributed by atoms with Crippen LogP contribution < -0.4 is 4.57 Å². The van der Waals surface area contributed by atoms with Crippen molar-refractivity contribution in [1.82, 2.24) is 4.57 Å². The summed E-state index contributed by atoms with van der Waals surface area (Å²) in [6.45, 7) is 6.32. The first-order chi connectivity index (χ1) is 12.5. The van der Waals surface area contributed by atoms with Crippen LogP contribution in [0.3, 0.4) is 0 Å². The normalized spacial score (nSPS) is 10.2. The molecule has 0 radical (unpaired) electrons. The molecule has 140 valence electrons. The van der Waals surface area contributed by atoms with Crippen molar-refractivity contribution in [2.45, 2.75) is 33.6 Å². The number of aryl methyl sites for hydroxylation is 4. The number of rotatable bonds is 4. The first-order valence-corrected chi connectivity index (χ1v) is 11.1. The van der Waals surface area contributed by atoms with E-state index in [4.69, 9.17) is 0 Å². The van der Waals surface area contributed by atoms with E-state index < -0.39 is 0 Å². The Morgan fingerprint density at radius 1 is 1.08 bits per heavy atom. The summed E-state index contributed by atoms with van der Waals surface area (Å²) in [7, 11) is 4.58. The zero-order chi connectivity index (χ0) is 19.1. The Balaban J connectivity index is 0.00000117. The number of hydrogen-bond donors (Lipinski definition) is 0. The Bertz CT molecular complexity index is 852. The van der Waals surface area contributed by atoms with Crippen LogP contribution in [0.5, 0.6) is 0 Å². The second kappa shape index (κ2) is 9.89. The van der Waals surface area contributed by atoms with E-state index >= 15 is 0 Å². The Morgan fingerprint density at radius 3 is 2.31 bits per heavy atom. The Kier molecular flexibility index (Phi) is 7.85. The average Bonchev–Trinajstić information content (AvgIpc) is 3.11. The number of nitrogens with zero attached hydrogens (tertiary/aromatic N) is 2. The van der Waals surface area contributed by atoms with Crippen LogP contribution >= 0.6 is 9.19 Å². The van der Waals surface area contributed by atoms with Crippen LogP contribution in [0.1, 0.15) is 33.5 Å². The molecule has 0 amide bonds. The molecule has 0 bridgehead atoms. The van der Waals surface area contributed by atoms with E-state index in [0.717, 1.165) is 12.1 Å². The second-order valence-corrected chi connectivity index (χ2v) is 6.35. The molecule has 0 N–H and O–H groups in total. The number of benzene rings is 2. The van der Waals surface area contributed by atoms with E-state index in [9.17, 15) is 4.79 Å². The number of halogens is 1. The van der Waals surface area contributed by atoms with Crippen LogP contribution in [0.2, 0.25) is 0 Å². The van der Waals surface area contributed by atoms with Gasteiger partial charge in [-0.05, 0) is 43.9 Å². The fourth-order valence-corrected chi connectivity index (χ4v) is 3.24. The molecule has 0 aliphatic heterocycles. The average molecular weight is 552 g/mol. The SMILES string of the molecule is Cc1cc(C)c(-[n+]2ccn(C(=O)CCc3ccccc3)c2)c(C)c1.[Cl][Au]. The van der Waals surface area contributed by atoms with Gasteiger partial charge in [-0.3, -0.25) is 0 Å². The van der Waals surface area contributed by atoms with Gasteiger partial charge >= 0.3 is 35.1 Å². The zero-order valence-corrected chi connectivity index (χ0v) is 18.1. The Hall–Kier alpha value is -1.65. The van der Waals surface area contributed by atoms with Crippen LogP contribution in [0.25, 0.3) is 5.69 Å². The number of imidazole rings is 1. The van der Waals surface area contributed by atoms with E-state index in [1.807, 2.05) is 41.5 Å². The van der Waals surface area contributed by atoms with Crippen LogP contribution in [0.4, 0.5) is 0 Å². The number of carbonyl (C=O) groups excluding carboxylic acids is 1. The molecule has 0 aliphatic rings. The molecule has 3 nitrogen and oxygen atoms in total. The van der Waals surface area contributed by atoms with Gasteiger partial charge < -0.3 is 0 Å². The molecule has 0 spiro atoms. The summed E-state index contributed by atoms with van der Waals surface area (Å²) >= 11 is 1.75. The second-order valence-electron chi connectivity index (χ2n) is 6.35. The molecule has 0 saturated carbocycles. The summed E-state index contributed by atoms with van der Waals surface area (Å²) in [4.78, 5) is 12.4. The molecule has 5 heteroatoms. The quantitative estimate of drug-likeness (QED) is 0.342. The summed E-state index contributed by atoms with van der Waals surface area (Å²) < 4.78 is 3.71. The maximum absolute atomic E-state index is 12.4. The van der Waals surface area contributed by atoms with E-state index in [1.54, 1.807) is 24.6 Å². The fourth-order valence-electron chi connectivity index (χ4n) is 3.24. The Morgan fingerprint density at radius 2 is 1.69 bits per heavy atom. The molecule has 3 rings (SSSR count). The van der Waals surface area contributed by atoms with Gasteiger partial charge in [-0.1, -0.05) is 48.0 Å². The topological polar surface area (TPSA) is 25.9 Å². The molecule has 0 atom stereocenters. The van der Waals surface area contributed by atoms with E-state index in [0.29, 0.717) is 6.42 Å². The Labute approximate surface area is 171 Å². The molecular weight excluding hydrogens is 529 g/mol. The summed E-state index contributed by atoms with van der Waals surface area (Å²) in [6, 6.07) is 14.5. The zero-order valence-electron chi connectivity index (χ0n) is 15.2. The third-order valence-corrected chi connectivity index (χ3v) is 4.29. The van der Waals surface area contributed by atoms with Crippen LogP contribution in [0, 0.1) is 20.8 Å². The van der Waals surface area contributed by atoms with Gasteiger partial charge in [-0.2, -0.15) is 4.57 Å². The van der Waals surface area contributed by atoms with Gasteiger partial charge in [0.05, 0.1) is 6.42 Å². The van der Waals surface area contributed by atoms with Crippen molar-refractivity contribution in [3.05, 3.63) is 83.4 Å². The van der Waals surface area contributed by atoms with Gasteiger partial charge in [0.25, 0.3) is 6.33 Å². The molecule has 2 aromatic carbocycles. The molecular formula is C21H23AuClN2O+. The number of hydrogen-bond acceptors (Lipinski definition) is 1. The summed E-state index contributed by atoms with van der Waals surface area (Å²) in [5.41, 5.74) is 6.03. The molecule has 3 aromatic rings. The molecule has 1 heterocycles. The predicted molar refractivity (Wildman–Crippen MR) is 101 cm³/mol. The van der Waals surface area contributed by atoms with Crippen LogP contribution in [-0.4, -0.2) is 10.5 Å². The number of aromatic nitrogens is 2. The fraction of sp³-hybridized carbons (Fsp3) is 0.238. The molecule has 0 saturated heterocycles. The van der Waals surface area contributed by atoms with E-state index in [-0.39, 0.29) is 5.91 Å². The third kappa shape index (κ3) is 5.18. The van der Waals surface area contributed by atoms with Crippen molar-refractivity contribution >= 4 is 15.1 Å². The van der Waals surface area contributed by atoms with Crippen molar-refractivity contribution in [3.8, 4) is 5.69 Å². The van der Waals surface area contributed by atoms with Crippen LogP contribution in [-0.2, 0) is 26.4 Å². The van der Waals surface area contributed by atoms with Gasteiger partial charge in [0.2, 0.25) is 0 Å². The summed E-state index contributed by atoms with van der Waals surface area (Å²) in [5.74, 6) is 0.111. The summed E-state index contributed by atoms with van der Waals surface area (Å²) in [6.07, 6.45) is 6.93. The molecule has 0 fully saturated rings. The predicted octanol–water partition coefficient (Wildman–Crippen LogP) is 4.65. The third-order valence-electron chi connectivity index (χ3n) is 4.29. The first-order valence-electron chi connectivity index (χ1n) is 8.40. The molecule has 1 aromatic heterocycles. The monoisotopic (exact) mass is 551 g/mol. The first kappa shape index (κ1) is 20.7. The standard InChI is InChI=1S/C21H23N2O.Au.ClH/c1-16-13-17(2)21(18(3)14-16)23-12-11-22(15-23)20(24)10-9-19-7-5-4-6-8-19;;/h4-8,11-15H,9-10H2,1-3H3;;1H/q2*+1;/p-1. The maximum atomic E-state index is 12.4. The molecule has 0 unspecified atom stereocenters. The minimum absolute atomic E-state index is 0.111.